The Balaban J connectivity index is 2.11. The molecule has 2 heterocycles. The van der Waals surface area contributed by atoms with E-state index in [9.17, 15) is 0 Å². The highest BCUT2D eigenvalue weighted by molar-refractivity contribution is 5.84. The van der Waals surface area contributed by atoms with Gasteiger partial charge in [0.15, 0.2) is 28.5 Å². The quantitative estimate of drug-likeness (QED) is 0.700. The summed E-state index contributed by atoms with van der Waals surface area (Å²) in [6, 6.07) is 4.03. The predicted octanol–water partition coefficient (Wildman–Crippen LogP) is 2.64. The van der Waals surface area contributed by atoms with E-state index in [0.29, 0.717) is 35.2 Å². The van der Waals surface area contributed by atoms with Crippen molar-refractivity contribution in [2.75, 3.05) is 32.3 Å². The van der Waals surface area contributed by atoms with Crippen molar-refractivity contribution < 1.29 is 9.47 Å². The van der Waals surface area contributed by atoms with Gasteiger partial charge in [-0.2, -0.15) is 9.97 Å². The van der Waals surface area contributed by atoms with Crippen molar-refractivity contribution in [3.05, 3.63) is 29.6 Å². The molecule has 2 aromatic heterocycles. The van der Waals surface area contributed by atoms with E-state index in [1.54, 1.807) is 27.6 Å². The van der Waals surface area contributed by atoms with Gasteiger partial charge in [-0.05, 0) is 29.2 Å². The molecule has 0 unspecified atom stereocenters. The van der Waals surface area contributed by atoms with Crippen LogP contribution in [-0.2, 0) is 6.54 Å². The average Bonchev–Trinajstić information content (AvgIpc) is 3.02. The highest BCUT2D eigenvalue weighted by Gasteiger charge is 2.17. The van der Waals surface area contributed by atoms with Crippen LogP contribution in [-0.4, -0.2) is 40.8 Å². The molecule has 0 aliphatic carbocycles. The maximum atomic E-state index is 5.84. The van der Waals surface area contributed by atoms with Crippen LogP contribution in [0.25, 0.3) is 11.2 Å². The molecule has 1 aromatic carbocycles. The van der Waals surface area contributed by atoms with Crippen LogP contribution < -0.4 is 20.5 Å². The summed E-state index contributed by atoms with van der Waals surface area (Å²) in [4.78, 5) is 13.0. The van der Waals surface area contributed by atoms with Gasteiger partial charge in [-0.15, -0.1) is 0 Å². The van der Waals surface area contributed by atoms with Crippen LogP contribution in [0.1, 0.15) is 30.9 Å². The smallest absolute Gasteiger partial charge is 0.224 e. The summed E-state index contributed by atoms with van der Waals surface area (Å²) in [5.41, 5.74) is 9.51. The minimum atomic E-state index is 0.208. The number of imidazole rings is 1. The maximum absolute atomic E-state index is 5.84. The van der Waals surface area contributed by atoms with Crippen molar-refractivity contribution in [3.8, 4) is 11.5 Å². The SMILES string of the molecule is CNc1nc(N)nc2c1ncn2Cc1cc(OC)c(OC)cc1C(C)C. The molecule has 0 saturated heterocycles. The summed E-state index contributed by atoms with van der Waals surface area (Å²) in [6.07, 6.45) is 1.75. The monoisotopic (exact) mass is 356 g/mol. The van der Waals surface area contributed by atoms with Gasteiger partial charge in [0, 0.05) is 7.05 Å². The molecule has 0 bridgehead atoms. The van der Waals surface area contributed by atoms with E-state index in [2.05, 4.69) is 34.1 Å². The van der Waals surface area contributed by atoms with Crippen LogP contribution in [0.15, 0.2) is 18.5 Å². The molecule has 3 aromatic rings. The van der Waals surface area contributed by atoms with Crippen molar-refractivity contribution in [1.29, 1.82) is 0 Å². The van der Waals surface area contributed by atoms with Gasteiger partial charge >= 0.3 is 0 Å². The number of nitrogens with zero attached hydrogens (tertiary/aromatic N) is 4. The molecule has 0 amide bonds. The first-order valence-electron chi connectivity index (χ1n) is 8.39. The van der Waals surface area contributed by atoms with Gasteiger partial charge in [0.1, 0.15) is 0 Å². The molecule has 0 radical (unpaired) electrons. The second-order valence-corrected chi connectivity index (χ2v) is 6.29. The Labute approximate surface area is 152 Å². The number of methoxy groups -OCH3 is 2. The van der Waals surface area contributed by atoms with Gasteiger partial charge in [0.25, 0.3) is 0 Å². The number of benzene rings is 1. The summed E-state index contributed by atoms with van der Waals surface area (Å²) in [6.45, 7) is 4.88. The first-order chi connectivity index (χ1) is 12.5. The van der Waals surface area contributed by atoms with E-state index < -0.39 is 0 Å². The first-order valence-corrected chi connectivity index (χ1v) is 8.39. The van der Waals surface area contributed by atoms with Gasteiger partial charge < -0.3 is 25.1 Å². The van der Waals surface area contributed by atoms with E-state index in [4.69, 9.17) is 15.2 Å². The molecule has 0 fully saturated rings. The second-order valence-electron chi connectivity index (χ2n) is 6.29. The van der Waals surface area contributed by atoms with Crippen LogP contribution >= 0.6 is 0 Å². The van der Waals surface area contributed by atoms with Crippen molar-refractivity contribution in [2.24, 2.45) is 0 Å². The van der Waals surface area contributed by atoms with Gasteiger partial charge in [-0.3, -0.25) is 0 Å². The lowest BCUT2D eigenvalue weighted by molar-refractivity contribution is 0.353. The van der Waals surface area contributed by atoms with Gasteiger partial charge in [0.05, 0.1) is 27.1 Å². The number of nitrogens with two attached hydrogens (primary N) is 1. The number of fused-ring (bicyclic) bond motifs is 1. The zero-order valence-electron chi connectivity index (χ0n) is 15.7. The molecule has 138 valence electrons. The van der Waals surface area contributed by atoms with E-state index in [1.165, 1.54) is 5.56 Å². The first kappa shape index (κ1) is 17.8. The number of rotatable bonds is 6. The lowest BCUT2D eigenvalue weighted by atomic mass is 9.96. The van der Waals surface area contributed by atoms with Crippen LogP contribution in [0.5, 0.6) is 11.5 Å². The Morgan fingerprint density at radius 3 is 2.46 bits per heavy atom. The summed E-state index contributed by atoms with van der Waals surface area (Å²) >= 11 is 0. The van der Waals surface area contributed by atoms with E-state index >= 15 is 0 Å². The number of nitrogens with one attached hydrogen (secondary N) is 1. The normalized spacial score (nSPS) is 11.2. The van der Waals surface area contributed by atoms with Crippen LogP contribution in [0, 0.1) is 0 Å². The highest BCUT2D eigenvalue weighted by Crippen LogP contribution is 2.34. The number of ether oxygens (including phenoxy) is 2. The molecular formula is C18H24N6O2. The van der Waals surface area contributed by atoms with Gasteiger partial charge in [0.2, 0.25) is 5.95 Å². The van der Waals surface area contributed by atoms with Crippen LogP contribution in [0.2, 0.25) is 0 Å². The van der Waals surface area contributed by atoms with Gasteiger partial charge in [-0.1, -0.05) is 13.8 Å². The summed E-state index contributed by atoms with van der Waals surface area (Å²) < 4.78 is 12.9. The number of hydrogen-bond donors (Lipinski definition) is 2. The van der Waals surface area contributed by atoms with Crippen molar-refractivity contribution in [3.63, 3.8) is 0 Å². The molecule has 8 nitrogen and oxygen atoms in total. The topological polar surface area (TPSA) is 100 Å². The largest absolute Gasteiger partial charge is 0.493 e. The second kappa shape index (κ2) is 7.07. The fraction of sp³-hybridized carbons (Fsp3) is 0.389. The lowest BCUT2D eigenvalue weighted by Crippen LogP contribution is -2.07. The number of hydrogen-bond acceptors (Lipinski definition) is 7. The average molecular weight is 356 g/mol. The Kier molecular flexibility index (Phi) is 4.83. The molecule has 0 aliphatic heterocycles. The summed E-state index contributed by atoms with van der Waals surface area (Å²) in [7, 11) is 5.06. The van der Waals surface area contributed by atoms with E-state index in [1.807, 2.05) is 16.7 Å². The Hall–Kier alpha value is -3.03. The Morgan fingerprint density at radius 2 is 1.85 bits per heavy atom. The van der Waals surface area contributed by atoms with E-state index in [-0.39, 0.29) is 5.95 Å². The molecule has 3 rings (SSSR count). The summed E-state index contributed by atoms with van der Waals surface area (Å²) in [5, 5.41) is 3.01. The highest BCUT2D eigenvalue weighted by atomic mass is 16.5. The lowest BCUT2D eigenvalue weighted by Gasteiger charge is -2.18. The molecular weight excluding hydrogens is 332 g/mol. The van der Waals surface area contributed by atoms with Gasteiger partial charge in [-0.25, -0.2) is 4.98 Å². The molecule has 26 heavy (non-hydrogen) atoms. The Bertz CT molecular complexity index is 935. The molecule has 0 saturated carbocycles. The fourth-order valence-electron chi connectivity index (χ4n) is 3.05. The van der Waals surface area contributed by atoms with Crippen molar-refractivity contribution in [2.45, 2.75) is 26.3 Å². The third kappa shape index (κ3) is 3.10. The molecule has 0 atom stereocenters. The number of aromatic nitrogens is 4. The molecule has 0 spiro atoms. The standard InChI is InChI=1S/C18H24N6O2/c1-10(2)12-7-14(26-5)13(25-4)6-11(12)8-24-9-21-15-16(20-3)22-18(19)23-17(15)24/h6-7,9-10H,8H2,1-5H3,(H3,19,20,22,23). The zero-order chi connectivity index (χ0) is 18.8. The Morgan fingerprint density at radius 1 is 1.15 bits per heavy atom. The van der Waals surface area contributed by atoms with Crippen molar-refractivity contribution >= 4 is 22.9 Å². The number of nitrogen functional groups attached to an aromatic ring is 1. The van der Waals surface area contributed by atoms with Crippen LogP contribution in [0.4, 0.5) is 11.8 Å². The summed E-state index contributed by atoms with van der Waals surface area (Å²) in [5.74, 6) is 2.57. The molecule has 3 N–H and O–H groups in total. The molecule has 8 heteroatoms. The zero-order valence-corrected chi connectivity index (χ0v) is 15.7. The third-order valence-electron chi connectivity index (χ3n) is 4.33. The van der Waals surface area contributed by atoms with Crippen molar-refractivity contribution in [1.82, 2.24) is 19.5 Å². The van der Waals surface area contributed by atoms with E-state index in [0.717, 1.165) is 11.3 Å². The molecule has 0 aliphatic rings. The van der Waals surface area contributed by atoms with Crippen LogP contribution in [0.3, 0.4) is 0 Å². The number of anilines is 2. The predicted molar refractivity (Wildman–Crippen MR) is 102 cm³/mol. The maximum Gasteiger partial charge on any atom is 0.224 e. The minimum Gasteiger partial charge on any atom is -0.493 e. The minimum absolute atomic E-state index is 0.208. The fourth-order valence-corrected chi connectivity index (χ4v) is 3.05. The third-order valence-corrected chi connectivity index (χ3v) is 4.33.